The molecule has 0 saturated carbocycles. The molecule has 0 fully saturated rings. The molecule has 0 heterocycles. The Labute approximate surface area is 178 Å². The van der Waals surface area contributed by atoms with Crippen LogP contribution in [0.3, 0.4) is 0 Å². The maximum atomic E-state index is 13.4. The summed E-state index contributed by atoms with van der Waals surface area (Å²) in [5.74, 6) is -4.66. The topological polar surface area (TPSA) is 40.6 Å². The van der Waals surface area contributed by atoms with Crippen LogP contribution in [0.25, 0.3) is 0 Å². The highest BCUT2D eigenvalue weighted by molar-refractivity contribution is 6.11. The number of rotatable bonds is 4. The van der Waals surface area contributed by atoms with Crippen LogP contribution < -0.4 is 9.80 Å². The molecule has 0 saturated heterocycles. The number of hydrogen-bond donors (Lipinski definition) is 0. The molecule has 0 aliphatic carbocycles. The zero-order valence-corrected chi connectivity index (χ0v) is 16.1. The minimum atomic E-state index is -5.34. The summed E-state index contributed by atoms with van der Waals surface area (Å²) in [6.07, 6.45) is -10.7. The van der Waals surface area contributed by atoms with Crippen molar-refractivity contribution in [2.75, 3.05) is 9.80 Å². The minimum Gasteiger partial charge on any atom is -0.271 e. The van der Waals surface area contributed by atoms with Crippen LogP contribution in [-0.2, 0) is 9.59 Å². The van der Waals surface area contributed by atoms with E-state index < -0.39 is 35.5 Å². The maximum absolute atomic E-state index is 13.4. The molecule has 0 spiro atoms. The van der Waals surface area contributed by atoms with E-state index in [1.165, 1.54) is 72.8 Å². The number of amides is 2. The third kappa shape index (κ3) is 4.74. The van der Waals surface area contributed by atoms with Crippen molar-refractivity contribution >= 4 is 34.6 Å². The lowest BCUT2D eigenvalue weighted by molar-refractivity contribution is -0.169. The molecular formula is C22H14F6N2O2. The first-order valence-electron chi connectivity index (χ1n) is 9.03. The molecule has 0 aliphatic rings. The monoisotopic (exact) mass is 452 g/mol. The van der Waals surface area contributed by atoms with Gasteiger partial charge in [0.25, 0.3) is 0 Å². The highest BCUT2D eigenvalue weighted by Crippen LogP contribution is 2.41. The Hall–Kier alpha value is -3.82. The van der Waals surface area contributed by atoms with Gasteiger partial charge in [0.15, 0.2) is 0 Å². The molecule has 4 nitrogen and oxygen atoms in total. The molecule has 0 N–H and O–H groups in total. The lowest BCUT2D eigenvalue weighted by atomic mass is 10.1. The predicted octanol–water partition coefficient (Wildman–Crippen LogP) is 6.14. The van der Waals surface area contributed by atoms with Gasteiger partial charge in [-0.2, -0.15) is 26.3 Å². The first kappa shape index (κ1) is 22.9. The van der Waals surface area contributed by atoms with Gasteiger partial charge in [-0.05, 0) is 36.4 Å². The third-order valence-electron chi connectivity index (χ3n) is 4.28. The van der Waals surface area contributed by atoms with Crippen molar-refractivity contribution in [3.05, 3.63) is 84.9 Å². The van der Waals surface area contributed by atoms with Gasteiger partial charge in [-0.1, -0.05) is 48.5 Å². The molecule has 0 radical (unpaired) electrons. The van der Waals surface area contributed by atoms with Gasteiger partial charge in [0, 0.05) is 11.4 Å². The van der Waals surface area contributed by atoms with Gasteiger partial charge in [0.1, 0.15) is 0 Å². The number of carbonyl (C=O) groups excluding carboxylic acids is 2. The quantitative estimate of drug-likeness (QED) is 0.446. The van der Waals surface area contributed by atoms with Crippen molar-refractivity contribution in [1.82, 2.24) is 0 Å². The fraction of sp³-hybridized carbons (Fsp3) is 0.0909. The second-order valence-electron chi connectivity index (χ2n) is 6.44. The number of anilines is 4. The summed E-state index contributed by atoms with van der Waals surface area (Å²) in [6, 6.07) is 17.8. The summed E-state index contributed by atoms with van der Waals surface area (Å²) in [5.41, 5.74) is -1.59. The molecule has 166 valence electrons. The van der Waals surface area contributed by atoms with Crippen LogP contribution in [-0.4, -0.2) is 24.2 Å². The Morgan fingerprint density at radius 2 is 0.781 bits per heavy atom. The number of alkyl halides is 6. The van der Waals surface area contributed by atoms with E-state index in [-0.39, 0.29) is 21.2 Å². The first-order valence-corrected chi connectivity index (χ1v) is 9.03. The van der Waals surface area contributed by atoms with E-state index in [0.717, 1.165) is 12.1 Å². The number of hydrogen-bond acceptors (Lipinski definition) is 2. The van der Waals surface area contributed by atoms with Crippen molar-refractivity contribution < 1.29 is 35.9 Å². The van der Waals surface area contributed by atoms with E-state index in [2.05, 4.69) is 0 Å². The molecule has 0 aliphatic heterocycles. The van der Waals surface area contributed by atoms with Gasteiger partial charge in [0.05, 0.1) is 11.4 Å². The fourth-order valence-electron chi connectivity index (χ4n) is 2.98. The van der Waals surface area contributed by atoms with Gasteiger partial charge >= 0.3 is 24.2 Å². The van der Waals surface area contributed by atoms with Gasteiger partial charge in [-0.3, -0.25) is 19.4 Å². The van der Waals surface area contributed by atoms with Crippen LogP contribution in [0.2, 0.25) is 0 Å². The Morgan fingerprint density at radius 3 is 1.06 bits per heavy atom. The first-order chi connectivity index (χ1) is 15.0. The summed E-state index contributed by atoms with van der Waals surface area (Å²) in [6.45, 7) is 0. The molecule has 10 heteroatoms. The largest absolute Gasteiger partial charge is 0.472 e. The van der Waals surface area contributed by atoms with Crippen molar-refractivity contribution in [2.24, 2.45) is 0 Å². The van der Waals surface area contributed by atoms with Gasteiger partial charge in [0.2, 0.25) is 0 Å². The molecule has 3 aromatic rings. The number of nitrogens with zero attached hydrogens (tertiary/aromatic N) is 2. The van der Waals surface area contributed by atoms with E-state index in [4.69, 9.17) is 0 Å². The summed E-state index contributed by atoms with van der Waals surface area (Å²) in [7, 11) is 0. The predicted molar refractivity (Wildman–Crippen MR) is 106 cm³/mol. The fourth-order valence-corrected chi connectivity index (χ4v) is 2.98. The molecule has 32 heavy (non-hydrogen) atoms. The van der Waals surface area contributed by atoms with Gasteiger partial charge < -0.3 is 0 Å². The lowest BCUT2D eigenvalue weighted by Gasteiger charge is -2.31. The van der Waals surface area contributed by atoms with Crippen molar-refractivity contribution in [2.45, 2.75) is 12.4 Å². The second-order valence-corrected chi connectivity index (χ2v) is 6.44. The molecule has 2 amide bonds. The van der Waals surface area contributed by atoms with Crippen LogP contribution in [0.4, 0.5) is 49.1 Å². The second kappa shape index (κ2) is 8.74. The van der Waals surface area contributed by atoms with E-state index in [1.54, 1.807) is 0 Å². The van der Waals surface area contributed by atoms with Crippen LogP contribution in [0.15, 0.2) is 84.9 Å². The smallest absolute Gasteiger partial charge is 0.271 e. The van der Waals surface area contributed by atoms with Crippen LogP contribution in [0, 0.1) is 0 Å². The summed E-state index contributed by atoms with van der Waals surface area (Å²) in [5, 5.41) is 0. The number of halogens is 6. The van der Waals surface area contributed by atoms with Gasteiger partial charge in [-0.15, -0.1) is 0 Å². The summed E-state index contributed by atoms with van der Waals surface area (Å²) < 4.78 is 80.5. The summed E-state index contributed by atoms with van der Waals surface area (Å²) >= 11 is 0. The Kier molecular flexibility index (Phi) is 6.24. The standard InChI is InChI=1S/C22H14F6N2O2/c23-21(24,25)19(31)29(15-9-3-1-4-10-15)17-13-7-8-14-18(17)30(20(32)22(26,27)28)16-11-5-2-6-12-16/h1-14H. The van der Waals surface area contributed by atoms with Crippen LogP contribution in [0.5, 0.6) is 0 Å². The molecule has 0 aromatic heterocycles. The lowest BCUT2D eigenvalue weighted by Crippen LogP contribution is -2.41. The number of benzene rings is 3. The van der Waals surface area contributed by atoms with E-state index in [1.807, 2.05) is 0 Å². The molecule has 3 aromatic carbocycles. The zero-order chi connectivity index (χ0) is 23.5. The van der Waals surface area contributed by atoms with Crippen molar-refractivity contribution in [3.63, 3.8) is 0 Å². The molecular weight excluding hydrogens is 438 g/mol. The average molecular weight is 452 g/mol. The molecule has 3 rings (SSSR count). The van der Waals surface area contributed by atoms with Crippen molar-refractivity contribution in [1.29, 1.82) is 0 Å². The van der Waals surface area contributed by atoms with E-state index in [9.17, 15) is 35.9 Å². The Bertz CT molecular complexity index is 1010. The van der Waals surface area contributed by atoms with Gasteiger partial charge in [-0.25, -0.2) is 0 Å². The highest BCUT2D eigenvalue weighted by Gasteiger charge is 2.47. The van der Waals surface area contributed by atoms with Crippen LogP contribution >= 0.6 is 0 Å². The third-order valence-corrected chi connectivity index (χ3v) is 4.28. The Morgan fingerprint density at radius 1 is 0.500 bits per heavy atom. The number of carbonyl (C=O) groups is 2. The molecule has 0 bridgehead atoms. The minimum absolute atomic E-state index is 0.231. The molecule has 0 unspecified atom stereocenters. The normalized spacial score (nSPS) is 11.7. The maximum Gasteiger partial charge on any atom is 0.472 e. The van der Waals surface area contributed by atoms with E-state index >= 15 is 0 Å². The van der Waals surface area contributed by atoms with Crippen LogP contribution in [0.1, 0.15) is 0 Å². The number of para-hydroxylation sites is 4. The SMILES string of the molecule is O=C(N(c1ccccc1)c1ccccc1N(C(=O)C(F)(F)F)c1ccccc1)C(F)(F)F. The Balaban J connectivity index is 2.28. The summed E-state index contributed by atoms with van der Waals surface area (Å²) in [4.78, 5) is 25.1. The van der Waals surface area contributed by atoms with E-state index in [0.29, 0.717) is 0 Å². The zero-order valence-electron chi connectivity index (χ0n) is 16.1. The van der Waals surface area contributed by atoms with Crippen molar-refractivity contribution in [3.8, 4) is 0 Å². The molecule has 0 atom stereocenters. The highest BCUT2D eigenvalue weighted by atomic mass is 19.4. The average Bonchev–Trinajstić information content (AvgIpc) is 2.75.